The first-order valence-corrected chi connectivity index (χ1v) is 5.01. The van der Waals surface area contributed by atoms with Crippen LogP contribution < -0.4 is 0 Å². The lowest BCUT2D eigenvalue weighted by molar-refractivity contribution is -0.169. The molecular formula is C10H17FO4. The molecule has 0 fully saturated rings. The summed E-state index contributed by atoms with van der Waals surface area (Å²) < 4.78 is 16.7. The summed E-state index contributed by atoms with van der Waals surface area (Å²) in [4.78, 5) is 22.6. The summed E-state index contributed by atoms with van der Waals surface area (Å²) in [5, 5.41) is 9.02. The number of carbonyl (C=O) groups is 2. The number of carbonyl (C=O) groups excluding carboxylic acids is 1. The average molecular weight is 220 g/mol. The van der Waals surface area contributed by atoms with E-state index in [2.05, 4.69) is 0 Å². The highest BCUT2D eigenvalue weighted by Crippen LogP contribution is 2.30. The summed E-state index contributed by atoms with van der Waals surface area (Å²) in [5.41, 5.74) is -1.58. The third-order valence-corrected chi connectivity index (χ3v) is 2.42. The van der Waals surface area contributed by atoms with Gasteiger partial charge in [0.1, 0.15) is 0 Å². The maximum atomic E-state index is 12.0. The molecule has 15 heavy (non-hydrogen) atoms. The molecule has 1 unspecified atom stereocenters. The molecule has 0 saturated heterocycles. The molecule has 88 valence electrons. The van der Waals surface area contributed by atoms with E-state index in [1.165, 1.54) is 0 Å². The zero-order valence-corrected chi connectivity index (χ0v) is 9.09. The average Bonchev–Trinajstić information content (AvgIpc) is 2.19. The Morgan fingerprint density at radius 2 is 2.00 bits per heavy atom. The lowest BCUT2D eigenvalue weighted by atomic mass is 9.81. The van der Waals surface area contributed by atoms with Gasteiger partial charge in [0, 0.05) is 0 Å². The summed E-state index contributed by atoms with van der Waals surface area (Å²) in [6.45, 7) is 2.69. The van der Waals surface area contributed by atoms with Crippen molar-refractivity contribution in [3.63, 3.8) is 0 Å². The van der Waals surface area contributed by atoms with Gasteiger partial charge in [-0.3, -0.25) is 14.0 Å². The second kappa shape index (κ2) is 6.37. The molecule has 0 radical (unpaired) electrons. The van der Waals surface area contributed by atoms with E-state index in [-0.39, 0.29) is 25.9 Å². The summed E-state index contributed by atoms with van der Waals surface area (Å²) >= 11 is 0. The highest BCUT2D eigenvalue weighted by Gasteiger charge is 2.45. The molecule has 0 bridgehead atoms. The highest BCUT2D eigenvalue weighted by atomic mass is 19.1. The van der Waals surface area contributed by atoms with Crippen LogP contribution in [0.4, 0.5) is 4.39 Å². The van der Waals surface area contributed by atoms with Crippen LogP contribution in [0.15, 0.2) is 0 Å². The lowest BCUT2D eigenvalue weighted by Crippen LogP contribution is -2.40. The minimum absolute atomic E-state index is 0.0197. The van der Waals surface area contributed by atoms with Crippen LogP contribution in [0.2, 0.25) is 0 Å². The van der Waals surface area contributed by atoms with E-state index in [1.807, 2.05) is 0 Å². The van der Waals surface area contributed by atoms with Gasteiger partial charge in [0.05, 0.1) is 13.3 Å². The molecule has 1 atom stereocenters. The monoisotopic (exact) mass is 220 g/mol. The van der Waals surface area contributed by atoms with E-state index in [4.69, 9.17) is 9.84 Å². The number of ether oxygens (including phenoxy) is 1. The van der Waals surface area contributed by atoms with Gasteiger partial charge in [-0.25, -0.2) is 0 Å². The summed E-state index contributed by atoms with van der Waals surface area (Å²) in [6.07, 6.45) is 0.147. The molecule has 0 aliphatic heterocycles. The molecule has 0 heterocycles. The van der Waals surface area contributed by atoms with E-state index in [1.54, 1.807) is 13.8 Å². The molecule has 5 heteroatoms. The topological polar surface area (TPSA) is 63.6 Å². The normalized spacial score (nSPS) is 14.3. The van der Waals surface area contributed by atoms with Crippen molar-refractivity contribution < 1.29 is 23.8 Å². The van der Waals surface area contributed by atoms with Crippen molar-refractivity contribution in [1.82, 2.24) is 0 Å². The Kier molecular flexibility index (Phi) is 5.89. The summed E-state index contributed by atoms with van der Waals surface area (Å²) in [5.74, 6) is -2.01. The Morgan fingerprint density at radius 1 is 1.40 bits per heavy atom. The summed E-state index contributed by atoms with van der Waals surface area (Å²) in [7, 11) is 0. The molecule has 0 aliphatic rings. The third-order valence-electron chi connectivity index (χ3n) is 2.42. The maximum absolute atomic E-state index is 12.0. The minimum atomic E-state index is -1.58. The Labute approximate surface area is 88.4 Å². The van der Waals surface area contributed by atoms with Crippen molar-refractivity contribution in [2.75, 3.05) is 13.3 Å². The molecule has 0 aromatic carbocycles. The van der Waals surface area contributed by atoms with Gasteiger partial charge >= 0.3 is 11.9 Å². The van der Waals surface area contributed by atoms with E-state index >= 15 is 0 Å². The van der Waals surface area contributed by atoms with Crippen LogP contribution in [0.25, 0.3) is 0 Å². The van der Waals surface area contributed by atoms with Gasteiger partial charge in [-0.2, -0.15) is 0 Å². The number of carboxylic acids is 1. The van der Waals surface area contributed by atoms with Crippen LogP contribution in [-0.2, 0) is 14.3 Å². The molecule has 1 N–H and O–H groups in total. The van der Waals surface area contributed by atoms with E-state index in [0.29, 0.717) is 0 Å². The number of alkyl halides is 1. The summed E-state index contributed by atoms with van der Waals surface area (Å²) in [6, 6.07) is 0. The zero-order chi connectivity index (χ0) is 11.9. The van der Waals surface area contributed by atoms with Gasteiger partial charge < -0.3 is 9.84 Å². The first-order valence-electron chi connectivity index (χ1n) is 5.01. The number of aliphatic carboxylic acids is 1. The Bertz CT molecular complexity index is 229. The van der Waals surface area contributed by atoms with Crippen molar-refractivity contribution in [2.24, 2.45) is 5.41 Å². The quantitative estimate of drug-likeness (QED) is 0.524. The molecule has 0 spiro atoms. The molecular weight excluding hydrogens is 203 g/mol. The van der Waals surface area contributed by atoms with Crippen LogP contribution in [0.3, 0.4) is 0 Å². The zero-order valence-electron chi connectivity index (χ0n) is 9.09. The van der Waals surface area contributed by atoms with Crippen LogP contribution in [-0.4, -0.2) is 30.3 Å². The van der Waals surface area contributed by atoms with Crippen LogP contribution in [0.5, 0.6) is 0 Å². The van der Waals surface area contributed by atoms with Crippen LogP contribution in [0, 0.1) is 5.41 Å². The standard InChI is InChI=1S/C10H17FO4/c1-3-10(8(12)13,6-5-7-11)9(14)15-4-2/h3-7H2,1-2H3,(H,12,13). The molecule has 4 nitrogen and oxygen atoms in total. The van der Waals surface area contributed by atoms with E-state index in [0.717, 1.165) is 0 Å². The predicted molar refractivity (Wildman–Crippen MR) is 52.2 cm³/mol. The number of carboxylic acid groups (broad SMARTS) is 1. The fourth-order valence-electron chi connectivity index (χ4n) is 1.41. The number of halogens is 1. The van der Waals surface area contributed by atoms with Crippen molar-refractivity contribution in [1.29, 1.82) is 0 Å². The van der Waals surface area contributed by atoms with Gasteiger partial charge in [-0.1, -0.05) is 6.92 Å². The lowest BCUT2D eigenvalue weighted by Gasteiger charge is -2.25. The van der Waals surface area contributed by atoms with Crippen molar-refractivity contribution in [3.05, 3.63) is 0 Å². The Balaban J connectivity index is 4.79. The first kappa shape index (κ1) is 13.9. The predicted octanol–water partition coefficient (Wildman–Crippen LogP) is 1.78. The van der Waals surface area contributed by atoms with Crippen molar-refractivity contribution in [2.45, 2.75) is 33.1 Å². The number of rotatable bonds is 7. The SMILES string of the molecule is CCOC(=O)C(CC)(CCCF)C(=O)O. The highest BCUT2D eigenvalue weighted by molar-refractivity contribution is 5.99. The van der Waals surface area contributed by atoms with E-state index in [9.17, 15) is 14.0 Å². The molecule has 0 amide bonds. The Morgan fingerprint density at radius 3 is 2.33 bits per heavy atom. The fraction of sp³-hybridized carbons (Fsp3) is 0.800. The van der Waals surface area contributed by atoms with Crippen molar-refractivity contribution >= 4 is 11.9 Å². The van der Waals surface area contributed by atoms with E-state index < -0.39 is 24.0 Å². The second-order valence-electron chi connectivity index (χ2n) is 3.25. The fourth-order valence-corrected chi connectivity index (χ4v) is 1.41. The number of hydrogen-bond acceptors (Lipinski definition) is 3. The molecule has 0 rings (SSSR count). The molecule has 0 aromatic heterocycles. The van der Waals surface area contributed by atoms with Gasteiger partial charge in [0.15, 0.2) is 5.41 Å². The van der Waals surface area contributed by atoms with Gasteiger partial charge in [0.2, 0.25) is 0 Å². The van der Waals surface area contributed by atoms with Crippen LogP contribution >= 0.6 is 0 Å². The molecule has 0 saturated carbocycles. The number of esters is 1. The second-order valence-corrected chi connectivity index (χ2v) is 3.25. The minimum Gasteiger partial charge on any atom is -0.480 e. The molecule has 0 aliphatic carbocycles. The number of hydrogen-bond donors (Lipinski definition) is 1. The van der Waals surface area contributed by atoms with Crippen LogP contribution in [0.1, 0.15) is 33.1 Å². The van der Waals surface area contributed by atoms with Gasteiger partial charge in [-0.15, -0.1) is 0 Å². The van der Waals surface area contributed by atoms with Crippen molar-refractivity contribution in [3.8, 4) is 0 Å². The third kappa shape index (κ3) is 3.18. The first-order chi connectivity index (χ1) is 7.05. The van der Waals surface area contributed by atoms with Gasteiger partial charge in [-0.05, 0) is 26.2 Å². The smallest absolute Gasteiger partial charge is 0.323 e. The van der Waals surface area contributed by atoms with Gasteiger partial charge in [0.25, 0.3) is 0 Å². The molecule has 0 aromatic rings. The largest absolute Gasteiger partial charge is 0.480 e. The Hall–Kier alpha value is -1.13. The maximum Gasteiger partial charge on any atom is 0.323 e.